The molecule has 0 aliphatic carbocycles. The number of nitrogens with zero attached hydrogens (tertiary/aromatic N) is 4. The van der Waals surface area contributed by atoms with Crippen molar-refractivity contribution in [3.05, 3.63) is 94.0 Å². The number of benzene rings is 2. The number of halogens is 3. The van der Waals surface area contributed by atoms with Crippen LogP contribution in [0.2, 0.25) is 10.0 Å². The van der Waals surface area contributed by atoms with Crippen molar-refractivity contribution < 1.29 is 18.8 Å². The number of anilines is 1. The first-order chi connectivity index (χ1) is 19.2. The molecule has 0 saturated carbocycles. The minimum absolute atomic E-state index is 0.0845. The van der Waals surface area contributed by atoms with Crippen molar-refractivity contribution in [2.75, 3.05) is 18.4 Å². The first-order valence-corrected chi connectivity index (χ1v) is 13.1. The van der Waals surface area contributed by atoms with Gasteiger partial charge >= 0.3 is 0 Å². The van der Waals surface area contributed by atoms with Crippen LogP contribution in [0.4, 0.5) is 10.2 Å². The van der Waals surface area contributed by atoms with Crippen molar-refractivity contribution in [1.29, 1.82) is 0 Å². The molecule has 3 N–H and O–H groups in total. The lowest BCUT2D eigenvalue weighted by Crippen LogP contribution is -2.44. The summed E-state index contributed by atoms with van der Waals surface area (Å²) < 4.78 is 14.8. The molecule has 12 heteroatoms. The standard InChI is InChI=1S/C28H23Cl2FN6O3/c29-21-12-22(30)20(11-19(21)23-9-8-17(31)14-33-23)27(39)34-25-13-24(35-37(25)18-6-2-1-3-7-18)28(40)36-10-4-5-16(15-36)26(32)38/h1-3,6-9,11-14,16H,4-5,10,15H2,(H2,32,38)(H,34,39)/t16-/m0/s1. The number of amides is 3. The predicted molar refractivity (Wildman–Crippen MR) is 149 cm³/mol. The SMILES string of the molecule is NC(=O)[C@H]1CCCN(C(=O)c2cc(NC(=O)c3cc(-c4ccc(F)cn4)c(Cl)cc3Cl)n(-c3ccccc3)n2)C1. The zero-order valence-electron chi connectivity index (χ0n) is 21.0. The molecule has 40 heavy (non-hydrogen) atoms. The zero-order chi connectivity index (χ0) is 28.4. The van der Waals surface area contributed by atoms with Gasteiger partial charge in [0, 0.05) is 24.7 Å². The van der Waals surface area contributed by atoms with Crippen LogP contribution >= 0.6 is 23.2 Å². The molecular formula is C28H23Cl2FN6O3. The van der Waals surface area contributed by atoms with E-state index in [2.05, 4.69) is 15.4 Å². The second-order valence-corrected chi connectivity index (χ2v) is 10.1. The van der Waals surface area contributed by atoms with Gasteiger partial charge in [0.05, 0.1) is 39.1 Å². The second kappa shape index (κ2) is 11.4. The normalized spacial score (nSPS) is 15.1. The quantitative estimate of drug-likeness (QED) is 0.333. The van der Waals surface area contributed by atoms with Crippen molar-refractivity contribution in [2.24, 2.45) is 11.7 Å². The topological polar surface area (TPSA) is 123 Å². The number of rotatable bonds is 6. The van der Waals surface area contributed by atoms with Crippen LogP contribution in [0.25, 0.3) is 16.9 Å². The number of piperidine rings is 1. The highest BCUT2D eigenvalue weighted by atomic mass is 35.5. The maximum Gasteiger partial charge on any atom is 0.274 e. The van der Waals surface area contributed by atoms with Gasteiger partial charge in [-0.15, -0.1) is 0 Å². The van der Waals surface area contributed by atoms with E-state index in [1.54, 1.807) is 29.2 Å². The first kappa shape index (κ1) is 27.3. The fraction of sp³-hybridized carbons (Fsp3) is 0.179. The maximum absolute atomic E-state index is 13.5. The van der Waals surface area contributed by atoms with E-state index in [0.29, 0.717) is 36.3 Å². The Morgan fingerprint density at radius 2 is 1.80 bits per heavy atom. The molecule has 3 heterocycles. The maximum atomic E-state index is 13.5. The van der Waals surface area contributed by atoms with Crippen LogP contribution in [0, 0.1) is 11.7 Å². The Hall–Kier alpha value is -4.28. The molecule has 0 spiro atoms. The summed E-state index contributed by atoms with van der Waals surface area (Å²) in [5.74, 6) is -2.14. The van der Waals surface area contributed by atoms with E-state index in [0.717, 1.165) is 6.20 Å². The van der Waals surface area contributed by atoms with Gasteiger partial charge in [-0.2, -0.15) is 5.10 Å². The summed E-state index contributed by atoms with van der Waals surface area (Å²) in [6.07, 6.45) is 2.31. The molecule has 1 aliphatic heterocycles. The van der Waals surface area contributed by atoms with Crippen LogP contribution < -0.4 is 11.1 Å². The zero-order valence-corrected chi connectivity index (χ0v) is 22.5. The van der Waals surface area contributed by atoms with Crippen LogP contribution in [-0.2, 0) is 4.79 Å². The number of para-hydroxylation sites is 1. The molecule has 1 atom stereocenters. The molecule has 204 valence electrons. The summed E-state index contributed by atoms with van der Waals surface area (Å²) in [5, 5.41) is 7.58. The molecule has 1 aliphatic rings. The summed E-state index contributed by atoms with van der Waals surface area (Å²) in [6, 6.07) is 16.0. The minimum Gasteiger partial charge on any atom is -0.369 e. The number of hydrogen-bond donors (Lipinski definition) is 2. The number of nitrogens with one attached hydrogen (secondary N) is 1. The highest BCUT2D eigenvalue weighted by Gasteiger charge is 2.30. The molecule has 5 rings (SSSR count). The van der Waals surface area contributed by atoms with Crippen molar-refractivity contribution in [2.45, 2.75) is 12.8 Å². The summed E-state index contributed by atoms with van der Waals surface area (Å²) in [5.41, 5.74) is 6.99. The second-order valence-electron chi connectivity index (χ2n) is 9.28. The molecule has 1 fully saturated rings. The molecule has 1 saturated heterocycles. The average molecular weight is 581 g/mol. The van der Waals surface area contributed by atoms with E-state index in [1.807, 2.05) is 6.07 Å². The number of nitrogens with two attached hydrogens (primary N) is 1. The van der Waals surface area contributed by atoms with Gasteiger partial charge < -0.3 is 16.0 Å². The molecule has 0 bridgehead atoms. The van der Waals surface area contributed by atoms with Crippen LogP contribution in [0.3, 0.4) is 0 Å². The predicted octanol–water partition coefficient (Wildman–Crippen LogP) is 4.97. The third-order valence-corrected chi connectivity index (χ3v) is 7.21. The van der Waals surface area contributed by atoms with Crippen LogP contribution in [0.1, 0.15) is 33.7 Å². The van der Waals surface area contributed by atoms with E-state index in [9.17, 15) is 18.8 Å². The number of likely N-dealkylation sites (tertiary alicyclic amines) is 1. The van der Waals surface area contributed by atoms with Crippen molar-refractivity contribution in [1.82, 2.24) is 19.7 Å². The van der Waals surface area contributed by atoms with Crippen molar-refractivity contribution in [3.8, 4) is 16.9 Å². The average Bonchev–Trinajstić information content (AvgIpc) is 3.37. The van der Waals surface area contributed by atoms with Gasteiger partial charge in [0.1, 0.15) is 11.6 Å². The Balaban J connectivity index is 1.48. The number of primary amides is 1. The fourth-order valence-corrected chi connectivity index (χ4v) is 5.10. The molecule has 2 aromatic heterocycles. The lowest BCUT2D eigenvalue weighted by molar-refractivity contribution is -0.123. The van der Waals surface area contributed by atoms with Crippen molar-refractivity contribution in [3.63, 3.8) is 0 Å². The largest absolute Gasteiger partial charge is 0.369 e. The van der Waals surface area contributed by atoms with Crippen molar-refractivity contribution >= 4 is 46.7 Å². The van der Waals surface area contributed by atoms with Gasteiger partial charge in [0.25, 0.3) is 11.8 Å². The molecule has 9 nitrogen and oxygen atoms in total. The van der Waals surface area contributed by atoms with E-state index in [-0.39, 0.29) is 39.6 Å². The number of aromatic nitrogens is 3. The third-order valence-electron chi connectivity index (χ3n) is 6.59. The Morgan fingerprint density at radius 3 is 2.50 bits per heavy atom. The molecule has 3 amide bonds. The smallest absolute Gasteiger partial charge is 0.274 e. The number of carbonyl (C=O) groups is 3. The Kier molecular flexibility index (Phi) is 7.81. The van der Waals surface area contributed by atoms with Gasteiger partial charge in [-0.3, -0.25) is 19.4 Å². The minimum atomic E-state index is -0.590. The first-order valence-electron chi connectivity index (χ1n) is 12.4. The number of pyridine rings is 1. The van der Waals surface area contributed by atoms with Gasteiger partial charge in [-0.25, -0.2) is 9.07 Å². The number of carbonyl (C=O) groups excluding carboxylic acids is 3. The van der Waals surface area contributed by atoms with Crippen LogP contribution in [0.5, 0.6) is 0 Å². The van der Waals surface area contributed by atoms with E-state index in [4.69, 9.17) is 28.9 Å². The Labute approximate surface area is 238 Å². The highest BCUT2D eigenvalue weighted by molar-refractivity contribution is 6.38. The van der Waals surface area contributed by atoms with E-state index >= 15 is 0 Å². The lowest BCUT2D eigenvalue weighted by atomic mass is 9.97. The number of hydrogen-bond acceptors (Lipinski definition) is 5. The molecule has 0 radical (unpaired) electrons. The van der Waals surface area contributed by atoms with E-state index < -0.39 is 23.5 Å². The van der Waals surface area contributed by atoms with Gasteiger partial charge in [-0.1, -0.05) is 41.4 Å². The lowest BCUT2D eigenvalue weighted by Gasteiger charge is -2.30. The molecule has 0 unspecified atom stereocenters. The van der Waals surface area contributed by atoms with E-state index in [1.165, 1.54) is 35.0 Å². The van der Waals surface area contributed by atoms with Crippen LogP contribution in [0.15, 0.2) is 66.9 Å². The molecular weight excluding hydrogens is 558 g/mol. The summed E-state index contributed by atoms with van der Waals surface area (Å²) >= 11 is 12.7. The third kappa shape index (κ3) is 5.68. The molecule has 2 aromatic carbocycles. The fourth-order valence-electron chi connectivity index (χ4n) is 4.53. The molecule has 4 aromatic rings. The summed E-state index contributed by atoms with van der Waals surface area (Å²) in [6.45, 7) is 0.664. The van der Waals surface area contributed by atoms with Gasteiger partial charge in [-0.05, 0) is 49.2 Å². The van der Waals surface area contributed by atoms with Crippen LogP contribution in [-0.4, -0.2) is 50.5 Å². The summed E-state index contributed by atoms with van der Waals surface area (Å²) in [4.78, 5) is 44.1. The monoisotopic (exact) mass is 580 g/mol. The highest BCUT2D eigenvalue weighted by Crippen LogP contribution is 2.33. The Bertz CT molecular complexity index is 1590. The Morgan fingerprint density at radius 1 is 1.02 bits per heavy atom. The van der Waals surface area contributed by atoms with Gasteiger partial charge in [0.15, 0.2) is 5.69 Å². The summed E-state index contributed by atoms with van der Waals surface area (Å²) in [7, 11) is 0. The van der Waals surface area contributed by atoms with Gasteiger partial charge in [0.2, 0.25) is 5.91 Å².